The van der Waals surface area contributed by atoms with E-state index in [1.165, 1.54) is 64.5 Å². The molecule has 0 bridgehead atoms. The molecule has 0 aromatic rings. The Labute approximate surface area is 145 Å². The van der Waals surface area contributed by atoms with Gasteiger partial charge in [0.1, 0.15) is 0 Å². The van der Waals surface area contributed by atoms with E-state index in [1.54, 1.807) is 0 Å². The van der Waals surface area contributed by atoms with Gasteiger partial charge in [-0.1, -0.05) is 41.0 Å². The Bertz CT molecular complexity index is 344. The van der Waals surface area contributed by atoms with Crippen LogP contribution in [-0.2, 0) is 4.74 Å². The Morgan fingerprint density at radius 2 is 1.52 bits per heavy atom. The van der Waals surface area contributed by atoms with Crippen molar-refractivity contribution < 1.29 is 4.74 Å². The maximum atomic E-state index is 6.17. The van der Waals surface area contributed by atoms with Crippen LogP contribution in [0.25, 0.3) is 0 Å². The Balaban J connectivity index is 1.80. The molecular weight excluding hydrogens is 282 g/mol. The quantitative estimate of drug-likeness (QED) is 0.676. The van der Waals surface area contributed by atoms with Gasteiger partial charge in [0, 0.05) is 6.61 Å². The molecule has 136 valence electrons. The molecular formula is C21H41NO. The van der Waals surface area contributed by atoms with Crippen molar-refractivity contribution >= 4 is 0 Å². The van der Waals surface area contributed by atoms with E-state index in [-0.39, 0.29) is 0 Å². The smallest absolute Gasteiger partial charge is 0.0582 e. The number of nitrogens with one attached hydrogen (secondary N) is 1. The number of hydrogen-bond acceptors (Lipinski definition) is 2. The van der Waals surface area contributed by atoms with Crippen molar-refractivity contribution in [1.82, 2.24) is 5.32 Å². The van der Waals surface area contributed by atoms with Crippen LogP contribution in [0.2, 0.25) is 0 Å². The van der Waals surface area contributed by atoms with Gasteiger partial charge in [-0.2, -0.15) is 0 Å². The summed E-state index contributed by atoms with van der Waals surface area (Å²) in [4.78, 5) is 0. The first-order chi connectivity index (χ1) is 10.8. The number of hydrogen-bond donors (Lipinski definition) is 1. The molecule has 0 radical (unpaired) electrons. The van der Waals surface area contributed by atoms with Gasteiger partial charge < -0.3 is 10.1 Å². The van der Waals surface area contributed by atoms with Crippen LogP contribution in [-0.4, -0.2) is 25.8 Å². The summed E-state index contributed by atoms with van der Waals surface area (Å²) in [6.45, 7) is 15.5. The monoisotopic (exact) mass is 323 g/mol. The summed E-state index contributed by atoms with van der Waals surface area (Å²) in [7, 11) is 0. The maximum absolute atomic E-state index is 6.17. The highest BCUT2D eigenvalue weighted by molar-refractivity contribution is 4.84. The first-order valence-corrected chi connectivity index (χ1v) is 10.1. The van der Waals surface area contributed by atoms with E-state index in [2.05, 4.69) is 39.9 Å². The highest BCUT2D eigenvalue weighted by Crippen LogP contribution is 2.40. The van der Waals surface area contributed by atoms with Crippen LogP contribution in [0.4, 0.5) is 0 Å². The molecule has 2 rings (SSSR count). The number of piperidine rings is 1. The van der Waals surface area contributed by atoms with Gasteiger partial charge in [-0.3, -0.25) is 0 Å². The van der Waals surface area contributed by atoms with Gasteiger partial charge in [-0.05, 0) is 80.7 Å². The molecule has 2 unspecified atom stereocenters. The van der Waals surface area contributed by atoms with E-state index in [4.69, 9.17) is 4.74 Å². The lowest BCUT2D eigenvalue weighted by molar-refractivity contribution is -0.0419. The van der Waals surface area contributed by atoms with E-state index >= 15 is 0 Å². The van der Waals surface area contributed by atoms with Crippen molar-refractivity contribution in [1.29, 1.82) is 0 Å². The minimum absolute atomic E-state index is 0.425. The molecule has 2 atom stereocenters. The third kappa shape index (κ3) is 6.74. The topological polar surface area (TPSA) is 21.3 Å². The molecule has 1 N–H and O–H groups in total. The lowest BCUT2D eigenvalue weighted by Crippen LogP contribution is -2.34. The van der Waals surface area contributed by atoms with Gasteiger partial charge in [-0.15, -0.1) is 0 Å². The van der Waals surface area contributed by atoms with Crippen molar-refractivity contribution in [2.75, 3.05) is 19.7 Å². The minimum atomic E-state index is 0.425. The van der Waals surface area contributed by atoms with Gasteiger partial charge in [0.2, 0.25) is 0 Å². The zero-order chi connectivity index (χ0) is 16.9. The molecule has 23 heavy (non-hydrogen) atoms. The molecule has 2 fully saturated rings. The molecule has 2 aliphatic rings. The molecule has 2 aliphatic heterocycles. The molecule has 2 heteroatoms. The number of ether oxygens (including phenoxy) is 1. The largest absolute Gasteiger partial charge is 0.378 e. The lowest BCUT2D eigenvalue weighted by Gasteiger charge is -2.39. The van der Waals surface area contributed by atoms with Crippen LogP contribution in [0, 0.1) is 22.7 Å². The summed E-state index contributed by atoms with van der Waals surface area (Å²) >= 11 is 0. The Morgan fingerprint density at radius 3 is 2.17 bits per heavy atom. The molecule has 2 heterocycles. The fourth-order valence-electron chi connectivity index (χ4n) is 4.78. The second kappa shape index (κ2) is 8.34. The summed E-state index contributed by atoms with van der Waals surface area (Å²) in [6, 6.07) is 0. The minimum Gasteiger partial charge on any atom is -0.378 e. The van der Waals surface area contributed by atoms with Crippen molar-refractivity contribution in [3.8, 4) is 0 Å². The summed E-state index contributed by atoms with van der Waals surface area (Å²) < 4.78 is 6.17. The van der Waals surface area contributed by atoms with Gasteiger partial charge in [0.05, 0.1) is 6.10 Å². The first kappa shape index (κ1) is 19.2. The third-order valence-electron chi connectivity index (χ3n) is 6.35. The lowest BCUT2D eigenvalue weighted by atomic mass is 9.72. The average Bonchev–Trinajstić information content (AvgIpc) is 2.47. The molecule has 0 spiro atoms. The Kier molecular flexibility index (Phi) is 6.98. The van der Waals surface area contributed by atoms with Crippen molar-refractivity contribution in [2.45, 2.75) is 92.1 Å². The van der Waals surface area contributed by atoms with Crippen LogP contribution in [0.3, 0.4) is 0 Å². The summed E-state index contributed by atoms with van der Waals surface area (Å²) in [5.74, 6) is 1.79. The normalized spacial score (nSPS) is 28.0. The zero-order valence-electron chi connectivity index (χ0n) is 16.4. The Morgan fingerprint density at radius 1 is 0.870 bits per heavy atom. The molecule has 2 nitrogen and oxygen atoms in total. The van der Waals surface area contributed by atoms with E-state index < -0.39 is 0 Å². The van der Waals surface area contributed by atoms with Crippen LogP contribution in [0.5, 0.6) is 0 Å². The second-order valence-electron chi connectivity index (χ2n) is 9.87. The van der Waals surface area contributed by atoms with E-state index in [1.807, 2.05) is 0 Å². The third-order valence-corrected chi connectivity index (χ3v) is 6.35. The van der Waals surface area contributed by atoms with E-state index in [9.17, 15) is 0 Å². The van der Waals surface area contributed by atoms with Gasteiger partial charge >= 0.3 is 0 Å². The van der Waals surface area contributed by atoms with E-state index in [0.29, 0.717) is 16.9 Å². The van der Waals surface area contributed by atoms with Crippen molar-refractivity contribution in [2.24, 2.45) is 22.7 Å². The van der Waals surface area contributed by atoms with Gasteiger partial charge in [-0.25, -0.2) is 0 Å². The van der Waals surface area contributed by atoms with Crippen LogP contribution in [0.15, 0.2) is 0 Å². The zero-order valence-corrected chi connectivity index (χ0v) is 16.4. The number of rotatable bonds is 7. The highest BCUT2D eigenvalue weighted by atomic mass is 16.5. The standard InChI is InChI=1S/C21H41NO/c1-6-20(2,3)15-18-9-12-23-19(13-18)16-21(4,5)14-17-7-10-22-11-8-17/h17-19,22H,6-16H2,1-5H3. The molecule has 0 amide bonds. The van der Waals surface area contributed by atoms with Crippen LogP contribution in [0.1, 0.15) is 86.0 Å². The molecule has 0 aromatic carbocycles. The van der Waals surface area contributed by atoms with Gasteiger partial charge in [0.15, 0.2) is 0 Å². The maximum Gasteiger partial charge on any atom is 0.0582 e. The average molecular weight is 324 g/mol. The Hall–Kier alpha value is -0.0800. The fraction of sp³-hybridized carbons (Fsp3) is 1.00. The van der Waals surface area contributed by atoms with Crippen LogP contribution >= 0.6 is 0 Å². The molecule has 0 aromatic heterocycles. The van der Waals surface area contributed by atoms with Gasteiger partial charge in [0.25, 0.3) is 0 Å². The SMILES string of the molecule is CCC(C)(C)CC1CCOC(CC(C)(C)CC2CCNCC2)C1. The predicted octanol–water partition coefficient (Wildman–Crippen LogP) is 5.41. The summed E-state index contributed by atoms with van der Waals surface area (Å²) in [5, 5.41) is 3.49. The van der Waals surface area contributed by atoms with E-state index in [0.717, 1.165) is 18.4 Å². The fourth-order valence-corrected chi connectivity index (χ4v) is 4.78. The molecule has 0 aliphatic carbocycles. The van der Waals surface area contributed by atoms with Crippen molar-refractivity contribution in [3.05, 3.63) is 0 Å². The van der Waals surface area contributed by atoms with Crippen LogP contribution < -0.4 is 5.32 Å². The predicted molar refractivity (Wildman–Crippen MR) is 99.8 cm³/mol. The summed E-state index contributed by atoms with van der Waals surface area (Å²) in [6.07, 6.45) is 11.1. The molecule has 2 saturated heterocycles. The first-order valence-electron chi connectivity index (χ1n) is 10.1. The summed E-state index contributed by atoms with van der Waals surface area (Å²) in [5.41, 5.74) is 0.923. The second-order valence-corrected chi connectivity index (χ2v) is 9.87. The van der Waals surface area contributed by atoms with Crippen molar-refractivity contribution in [3.63, 3.8) is 0 Å². The molecule has 0 saturated carbocycles. The highest BCUT2D eigenvalue weighted by Gasteiger charge is 2.32.